The van der Waals surface area contributed by atoms with Gasteiger partial charge in [-0.15, -0.1) is 0 Å². The summed E-state index contributed by atoms with van der Waals surface area (Å²) in [4.78, 5) is 22.8. The van der Waals surface area contributed by atoms with E-state index in [1.165, 1.54) is 0 Å². The molecule has 2 aromatic heterocycles. The van der Waals surface area contributed by atoms with Crippen LogP contribution >= 0.6 is 0 Å². The molecule has 0 aliphatic heterocycles. The van der Waals surface area contributed by atoms with Gasteiger partial charge in [0.15, 0.2) is 0 Å². The summed E-state index contributed by atoms with van der Waals surface area (Å²) >= 11 is 0. The Labute approximate surface area is 182 Å². The Balaban J connectivity index is 1.78. The van der Waals surface area contributed by atoms with Gasteiger partial charge in [0, 0.05) is 18.5 Å². The number of benzene rings is 2. The third kappa shape index (κ3) is 4.40. The molecular weight excluding hydrogens is 384 g/mol. The first-order chi connectivity index (χ1) is 15.0. The lowest BCUT2D eigenvalue weighted by molar-refractivity contribution is 0.824. The maximum absolute atomic E-state index is 13.4. The summed E-state index contributed by atoms with van der Waals surface area (Å²) in [6, 6.07) is 23.9. The van der Waals surface area contributed by atoms with Crippen LogP contribution in [0.3, 0.4) is 0 Å². The molecule has 0 spiro atoms. The molecule has 0 saturated heterocycles. The minimum absolute atomic E-state index is 0.0155. The van der Waals surface area contributed by atoms with E-state index < -0.39 is 0 Å². The third-order valence-corrected chi connectivity index (χ3v) is 5.45. The quantitative estimate of drug-likeness (QED) is 0.436. The zero-order valence-electron chi connectivity index (χ0n) is 18.0. The van der Waals surface area contributed by atoms with Crippen molar-refractivity contribution in [2.45, 2.75) is 32.9 Å². The van der Waals surface area contributed by atoms with Crippen LogP contribution in [0.15, 0.2) is 88.8 Å². The van der Waals surface area contributed by atoms with Crippen LogP contribution in [-0.2, 0) is 0 Å². The molecule has 2 heterocycles. The van der Waals surface area contributed by atoms with E-state index in [4.69, 9.17) is 4.98 Å². The van der Waals surface area contributed by atoms with Crippen molar-refractivity contribution < 1.29 is 0 Å². The lowest BCUT2D eigenvalue weighted by Crippen LogP contribution is -2.24. The molecular formula is C26H26N4O. The number of pyridine rings is 1. The van der Waals surface area contributed by atoms with Crippen molar-refractivity contribution in [2.75, 3.05) is 5.32 Å². The standard InChI is InChI=1S/C26H26N4O/c1-18-11-10-16-30-25(18)29-24(28-20(3)22-14-8-5-9-15-22)23(26(30)31)17-27-19(2)21-12-6-4-7-13-21/h4-17,19-20,28H,1-3H3. The van der Waals surface area contributed by atoms with Crippen molar-refractivity contribution in [1.82, 2.24) is 9.38 Å². The number of nitrogens with zero attached hydrogens (tertiary/aromatic N) is 3. The van der Waals surface area contributed by atoms with Gasteiger partial charge in [-0.2, -0.15) is 0 Å². The fraction of sp³-hybridized carbons (Fsp3) is 0.192. The average Bonchev–Trinajstić information content (AvgIpc) is 2.80. The van der Waals surface area contributed by atoms with Gasteiger partial charge in [-0.3, -0.25) is 14.2 Å². The average molecular weight is 411 g/mol. The van der Waals surface area contributed by atoms with Crippen LogP contribution < -0.4 is 10.9 Å². The van der Waals surface area contributed by atoms with Gasteiger partial charge in [0.05, 0.1) is 6.04 Å². The number of rotatable bonds is 6. The van der Waals surface area contributed by atoms with Crippen LogP contribution in [0.5, 0.6) is 0 Å². The number of nitrogens with one attached hydrogen (secondary N) is 1. The van der Waals surface area contributed by atoms with E-state index in [9.17, 15) is 4.79 Å². The van der Waals surface area contributed by atoms with E-state index in [1.807, 2.05) is 74.5 Å². The second kappa shape index (κ2) is 8.96. The molecule has 2 atom stereocenters. The van der Waals surface area contributed by atoms with Gasteiger partial charge >= 0.3 is 0 Å². The van der Waals surface area contributed by atoms with Crippen LogP contribution in [0.4, 0.5) is 5.82 Å². The summed E-state index contributed by atoms with van der Waals surface area (Å²) < 4.78 is 1.59. The molecule has 0 aliphatic carbocycles. The van der Waals surface area contributed by atoms with E-state index in [0.717, 1.165) is 16.7 Å². The van der Waals surface area contributed by atoms with Crippen LogP contribution in [0.25, 0.3) is 5.65 Å². The number of aromatic nitrogens is 2. The molecule has 5 nitrogen and oxygen atoms in total. The minimum atomic E-state index is -0.138. The van der Waals surface area contributed by atoms with Crippen molar-refractivity contribution in [1.29, 1.82) is 0 Å². The van der Waals surface area contributed by atoms with Gasteiger partial charge in [0.1, 0.15) is 17.0 Å². The van der Waals surface area contributed by atoms with Crippen molar-refractivity contribution in [3.8, 4) is 0 Å². The molecule has 0 fully saturated rings. The molecule has 5 heteroatoms. The third-order valence-electron chi connectivity index (χ3n) is 5.45. The van der Waals surface area contributed by atoms with Gasteiger partial charge in [-0.1, -0.05) is 66.7 Å². The van der Waals surface area contributed by atoms with Gasteiger partial charge in [0.2, 0.25) is 0 Å². The number of aliphatic imine (C=N–C) groups is 1. The SMILES string of the molecule is Cc1cccn2c(=O)c(C=NC(C)c3ccccc3)c(NC(C)c3ccccc3)nc12. The number of hydrogen-bond acceptors (Lipinski definition) is 4. The summed E-state index contributed by atoms with van der Waals surface area (Å²) in [6.07, 6.45) is 3.40. The summed E-state index contributed by atoms with van der Waals surface area (Å²) in [5.74, 6) is 0.541. The highest BCUT2D eigenvalue weighted by molar-refractivity contribution is 5.87. The molecule has 156 valence electrons. The summed E-state index contributed by atoms with van der Waals surface area (Å²) in [5, 5.41) is 3.43. The number of anilines is 1. The van der Waals surface area contributed by atoms with Crippen LogP contribution in [0, 0.1) is 6.92 Å². The smallest absolute Gasteiger partial charge is 0.268 e. The van der Waals surface area contributed by atoms with Crippen molar-refractivity contribution in [3.05, 3.63) is 112 Å². The van der Waals surface area contributed by atoms with Crippen molar-refractivity contribution >= 4 is 17.7 Å². The molecule has 0 saturated carbocycles. The topological polar surface area (TPSA) is 58.8 Å². The molecule has 2 unspecified atom stereocenters. The lowest BCUT2D eigenvalue weighted by atomic mass is 10.1. The molecule has 0 radical (unpaired) electrons. The van der Waals surface area contributed by atoms with E-state index in [0.29, 0.717) is 17.0 Å². The number of fused-ring (bicyclic) bond motifs is 1. The van der Waals surface area contributed by atoms with E-state index in [-0.39, 0.29) is 17.6 Å². The summed E-state index contributed by atoms with van der Waals surface area (Å²) in [5.41, 5.74) is 4.11. The molecule has 0 aliphatic rings. The van der Waals surface area contributed by atoms with E-state index in [1.54, 1.807) is 16.8 Å². The first-order valence-corrected chi connectivity index (χ1v) is 10.5. The molecule has 4 aromatic rings. The Morgan fingerprint density at radius 1 is 0.935 bits per heavy atom. The fourth-order valence-electron chi connectivity index (χ4n) is 3.57. The Morgan fingerprint density at radius 2 is 1.58 bits per heavy atom. The predicted octanol–water partition coefficient (Wildman–Crippen LogP) is 5.36. The molecule has 0 amide bonds. The Kier molecular flexibility index (Phi) is 5.94. The predicted molar refractivity (Wildman–Crippen MR) is 127 cm³/mol. The van der Waals surface area contributed by atoms with Gasteiger partial charge in [-0.05, 0) is 43.5 Å². The van der Waals surface area contributed by atoms with Crippen LogP contribution in [-0.4, -0.2) is 15.6 Å². The summed E-state index contributed by atoms with van der Waals surface area (Å²) in [7, 11) is 0. The second-order valence-corrected chi connectivity index (χ2v) is 7.71. The zero-order valence-corrected chi connectivity index (χ0v) is 18.0. The number of aryl methyl sites for hydroxylation is 1. The highest BCUT2D eigenvalue weighted by Crippen LogP contribution is 2.21. The highest BCUT2D eigenvalue weighted by Gasteiger charge is 2.15. The Morgan fingerprint density at radius 3 is 2.26 bits per heavy atom. The minimum Gasteiger partial charge on any atom is -0.363 e. The first-order valence-electron chi connectivity index (χ1n) is 10.5. The Bertz CT molecular complexity index is 1260. The second-order valence-electron chi connectivity index (χ2n) is 7.71. The maximum Gasteiger partial charge on any atom is 0.268 e. The molecule has 1 N–H and O–H groups in total. The first kappa shape index (κ1) is 20.5. The monoisotopic (exact) mass is 410 g/mol. The maximum atomic E-state index is 13.4. The van der Waals surface area contributed by atoms with E-state index >= 15 is 0 Å². The van der Waals surface area contributed by atoms with Crippen molar-refractivity contribution in [2.24, 2.45) is 4.99 Å². The van der Waals surface area contributed by atoms with Crippen LogP contribution in [0.2, 0.25) is 0 Å². The fourth-order valence-corrected chi connectivity index (χ4v) is 3.57. The summed E-state index contributed by atoms with van der Waals surface area (Å²) in [6.45, 7) is 6.03. The largest absolute Gasteiger partial charge is 0.363 e. The van der Waals surface area contributed by atoms with Gasteiger partial charge in [-0.25, -0.2) is 4.98 Å². The zero-order chi connectivity index (χ0) is 21.8. The molecule has 0 bridgehead atoms. The molecule has 4 rings (SSSR count). The normalized spacial score (nSPS) is 13.4. The van der Waals surface area contributed by atoms with Gasteiger partial charge < -0.3 is 5.32 Å². The van der Waals surface area contributed by atoms with E-state index in [2.05, 4.69) is 29.4 Å². The van der Waals surface area contributed by atoms with Crippen molar-refractivity contribution in [3.63, 3.8) is 0 Å². The van der Waals surface area contributed by atoms with Crippen LogP contribution in [0.1, 0.15) is 48.2 Å². The van der Waals surface area contributed by atoms with Gasteiger partial charge in [0.25, 0.3) is 5.56 Å². The molecule has 31 heavy (non-hydrogen) atoms. The molecule has 2 aromatic carbocycles. The number of hydrogen-bond donors (Lipinski definition) is 1. The highest BCUT2D eigenvalue weighted by atomic mass is 16.1. The lowest BCUT2D eigenvalue weighted by Gasteiger charge is -2.17. The Hall–Kier alpha value is -3.73.